The Morgan fingerprint density at radius 1 is 1.12 bits per heavy atom. The molecule has 1 fully saturated rings. The Hall–Kier alpha value is -3.17. The number of hydrogen-bond acceptors (Lipinski definition) is 4. The van der Waals surface area contributed by atoms with Crippen LogP contribution >= 0.6 is 0 Å². The maximum absolute atomic E-state index is 12.5. The maximum atomic E-state index is 12.5. The third-order valence-corrected chi connectivity index (χ3v) is 4.21. The fraction of sp³-hybridized carbons (Fsp3) is 0.250. The van der Waals surface area contributed by atoms with Gasteiger partial charge in [0.15, 0.2) is 0 Å². The third-order valence-electron chi connectivity index (χ3n) is 4.21. The number of carbonyl (C=O) groups is 2. The van der Waals surface area contributed by atoms with Crippen molar-refractivity contribution in [1.82, 2.24) is 5.32 Å². The Morgan fingerprint density at radius 2 is 1.88 bits per heavy atom. The molecule has 0 spiro atoms. The number of benzene rings is 2. The van der Waals surface area contributed by atoms with Crippen molar-refractivity contribution >= 4 is 17.5 Å². The van der Waals surface area contributed by atoms with E-state index in [0.717, 1.165) is 19.4 Å². The number of nitrogens with one attached hydrogen (secondary N) is 2. The predicted molar refractivity (Wildman–Crippen MR) is 96.9 cm³/mol. The number of anilines is 1. The van der Waals surface area contributed by atoms with Crippen LogP contribution in [0.1, 0.15) is 39.1 Å². The lowest BCUT2D eigenvalue weighted by Crippen LogP contribution is -2.32. The monoisotopic (exact) mass is 349 g/mol. The Labute approximate surface area is 151 Å². The molecule has 2 N–H and O–H groups in total. The summed E-state index contributed by atoms with van der Waals surface area (Å²) in [6.45, 7) is 1.19. The van der Waals surface area contributed by atoms with E-state index in [4.69, 9.17) is 10.00 Å². The van der Waals surface area contributed by atoms with E-state index in [0.29, 0.717) is 28.9 Å². The number of amides is 2. The van der Waals surface area contributed by atoms with E-state index >= 15 is 0 Å². The zero-order valence-corrected chi connectivity index (χ0v) is 14.2. The van der Waals surface area contributed by atoms with Gasteiger partial charge in [-0.2, -0.15) is 5.26 Å². The lowest BCUT2D eigenvalue weighted by atomic mass is 10.1. The average molecular weight is 349 g/mol. The maximum Gasteiger partial charge on any atom is 0.255 e. The number of hydrogen-bond donors (Lipinski definition) is 2. The summed E-state index contributed by atoms with van der Waals surface area (Å²) in [4.78, 5) is 24.9. The number of rotatable bonds is 5. The second-order valence-corrected chi connectivity index (χ2v) is 6.03. The molecule has 1 atom stereocenters. The van der Waals surface area contributed by atoms with Crippen molar-refractivity contribution in [3.63, 3.8) is 0 Å². The highest BCUT2D eigenvalue weighted by atomic mass is 16.5. The highest BCUT2D eigenvalue weighted by molar-refractivity contribution is 6.09. The molecule has 1 aliphatic rings. The van der Waals surface area contributed by atoms with Crippen LogP contribution in [-0.4, -0.2) is 31.1 Å². The molecule has 0 aliphatic carbocycles. The van der Waals surface area contributed by atoms with Crippen molar-refractivity contribution in [1.29, 1.82) is 5.26 Å². The van der Waals surface area contributed by atoms with Crippen LogP contribution in [0.5, 0.6) is 0 Å². The van der Waals surface area contributed by atoms with Gasteiger partial charge in [0, 0.05) is 18.7 Å². The Bertz CT molecular complexity index is 834. The number of ether oxygens (including phenoxy) is 1. The quantitative estimate of drug-likeness (QED) is 0.868. The molecule has 26 heavy (non-hydrogen) atoms. The van der Waals surface area contributed by atoms with Gasteiger partial charge in [0.1, 0.15) is 0 Å². The predicted octanol–water partition coefficient (Wildman–Crippen LogP) is 2.72. The molecule has 0 bridgehead atoms. The number of carbonyl (C=O) groups excluding carboxylic acids is 2. The number of nitrogens with zero attached hydrogens (tertiary/aromatic N) is 1. The van der Waals surface area contributed by atoms with Crippen molar-refractivity contribution in [3.8, 4) is 6.07 Å². The minimum atomic E-state index is -0.339. The summed E-state index contributed by atoms with van der Waals surface area (Å²) in [7, 11) is 0. The third kappa shape index (κ3) is 4.26. The largest absolute Gasteiger partial charge is 0.376 e. The van der Waals surface area contributed by atoms with Crippen molar-refractivity contribution < 1.29 is 14.3 Å². The highest BCUT2D eigenvalue weighted by Crippen LogP contribution is 2.17. The first-order chi connectivity index (χ1) is 12.7. The second-order valence-electron chi connectivity index (χ2n) is 6.03. The van der Waals surface area contributed by atoms with E-state index in [2.05, 4.69) is 10.6 Å². The van der Waals surface area contributed by atoms with Crippen LogP contribution in [0.4, 0.5) is 5.69 Å². The van der Waals surface area contributed by atoms with Crippen LogP contribution in [-0.2, 0) is 4.74 Å². The molecule has 6 heteroatoms. The molecule has 1 saturated heterocycles. The van der Waals surface area contributed by atoms with Crippen LogP contribution in [0.3, 0.4) is 0 Å². The van der Waals surface area contributed by atoms with Gasteiger partial charge in [0.2, 0.25) is 0 Å². The molecule has 0 radical (unpaired) electrons. The van der Waals surface area contributed by atoms with Gasteiger partial charge in [0.05, 0.1) is 29.0 Å². The first-order valence-corrected chi connectivity index (χ1v) is 8.47. The summed E-state index contributed by atoms with van der Waals surface area (Å²) in [6, 6.07) is 15.2. The van der Waals surface area contributed by atoms with E-state index in [1.54, 1.807) is 48.5 Å². The lowest BCUT2D eigenvalue weighted by molar-refractivity contribution is 0.0858. The zero-order chi connectivity index (χ0) is 18.4. The van der Waals surface area contributed by atoms with E-state index < -0.39 is 0 Å². The molecular weight excluding hydrogens is 330 g/mol. The first kappa shape index (κ1) is 17.6. The molecule has 1 unspecified atom stereocenters. The van der Waals surface area contributed by atoms with Gasteiger partial charge in [-0.1, -0.05) is 12.1 Å². The summed E-state index contributed by atoms with van der Waals surface area (Å²) in [5.41, 5.74) is 1.73. The molecule has 0 aromatic heterocycles. The minimum Gasteiger partial charge on any atom is -0.376 e. The van der Waals surface area contributed by atoms with Crippen LogP contribution in [0, 0.1) is 11.3 Å². The summed E-state index contributed by atoms with van der Waals surface area (Å²) in [5.74, 6) is -0.593. The SMILES string of the molecule is N#Cc1ccc(C(=O)Nc2ccccc2C(=O)NCC2CCCO2)cc1. The summed E-state index contributed by atoms with van der Waals surface area (Å²) < 4.78 is 5.50. The molecule has 6 nitrogen and oxygen atoms in total. The van der Waals surface area contributed by atoms with Crippen LogP contribution in [0.2, 0.25) is 0 Å². The Morgan fingerprint density at radius 3 is 2.58 bits per heavy atom. The Balaban J connectivity index is 1.68. The lowest BCUT2D eigenvalue weighted by Gasteiger charge is -2.14. The molecule has 0 saturated carbocycles. The standard InChI is InChI=1S/C20H19N3O3/c21-12-14-7-9-15(10-8-14)19(24)23-18-6-2-1-5-17(18)20(25)22-13-16-4-3-11-26-16/h1-2,5-10,16H,3-4,11,13H2,(H,22,25)(H,23,24). The van der Waals surface area contributed by atoms with Gasteiger partial charge in [-0.25, -0.2) is 0 Å². The van der Waals surface area contributed by atoms with Crippen molar-refractivity contribution in [3.05, 3.63) is 65.2 Å². The van der Waals surface area contributed by atoms with Crippen molar-refractivity contribution in [2.45, 2.75) is 18.9 Å². The molecule has 3 rings (SSSR count). The summed E-state index contributed by atoms with van der Waals surface area (Å²) in [5, 5.41) is 14.4. The van der Waals surface area contributed by atoms with E-state index in [1.165, 1.54) is 0 Å². The Kier molecular flexibility index (Phi) is 5.62. The van der Waals surface area contributed by atoms with Gasteiger partial charge < -0.3 is 15.4 Å². The van der Waals surface area contributed by atoms with Crippen molar-refractivity contribution in [2.24, 2.45) is 0 Å². The van der Waals surface area contributed by atoms with Crippen LogP contribution in [0.15, 0.2) is 48.5 Å². The van der Waals surface area contributed by atoms with Gasteiger partial charge in [-0.15, -0.1) is 0 Å². The molecule has 1 aliphatic heterocycles. The normalized spacial score (nSPS) is 15.9. The molecule has 2 aromatic rings. The fourth-order valence-electron chi connectivity index (χ4n) is 2.79. The van der Waals surface area contributed by atoms with E-state index in [9.17, 15) is 9.59 Å². The first-order valence-electron chi connectivity index (χ1n) is 8.47. The average Bonchev–Trinajstić information content (AvgIpc) is 3.20. The molecule has 1 heterocycles. The zero-order valence-electron chi connectivity index (χ0n) is 14.2. The molecular formula is C20H19N3O3. The molecule has 2 amide bonds. The van der Waals surface area contributed by atoms with Crippen LogP contribution < -0.4 is 10.6 Å². The summed E-state index contributed by atoms with van der Waals surface area (Å²) in [6.07, 6.45) is 2.01. The molecule has 2 aromatic carbocycles. The molecule has 132 valence electrons. The van der Waals surface area contributed by atoms with Gasteiger partial charge in [0.25, 0.3) is 11.8 Å². The van der Waals surface area contributed by atoms with E-state index in [1.807, 2.05) is 6.07 Å². The van der Waals surface area contributed by atoms with Gasteiger partial charge in [-0.05, 0) is 49.2 Å². The van der Waals surface area contributed by atoms with Crippen LogP contribution in [0.25, 0.3) is 0 Å². The highest BCUT2D eigenvalue weighted by Gasteiger charge is 2.18. The van der Waals surface area contributed by atoms with E-state index in [-0.39, 0.29) is 17.9 Å². The summed E-state index contributed by atoms with van der Waals surface area (Å²) >= 11 is 0. The topological polar surface area (TPSA) is 91.2 Å². The van der Waals surface area contributed by atoms with Crippen molar-refractivity contribution in [2.75, 3.05) is 18.5 Å². The second kappa shape index (κ2) is 8.28. The number of nitriles is 1. The van der Waals surface area contributed by atoms with Gasteiger partial charge >= 0.3 is 0 Å². The smallest absolute Gasteiger partial charge is 0.255 e. The number of para-hydroxylation sites is 1. The van der Waals surface area contributed by atoms with Gasteiger partial charge in [-0.3, -0.25) is 9.59 Å². The fourth-order valence-corrected chi connectivity index (χ4v) is 2.79. The minimum absolute atomic E-state index is 0.0550.